The molecule has 0 unspecified atom stereocenters. The van der Waals surface area contributed by atoms with Crippen LogP contribution in [-0.4, -0.2) is 35.7 Å². The molecule has 0 aliphatic carbocycles. The van der Waals surface area contributed by atoms with Gasteiger partial charge in [-0.2, -0.15) is 0 Å². The Labute approximate surface area is 97.2 Å². The van der Waals surface area contributed by atoms with Gasteiger partial charge < -0.3 is 9.73 Å². The molecule has 0 aromatic carbocycles. The van der Waals surface area contributed by atoms with Crippen molar-refractivity contribution in [2.45, 2.75) is 5.75 Å². The molecular weight excluding hydrogens is 228 g/mol. The minimum absolute atomic E-state index is 0.147. The van der Waals surface area contributed by atoms with Crippen LogP contribution in [0.3, 0.4) is 0 Å². The number of furan rings is 1. The summed E-state index contributed by atoms with van der Waals surface area (Å²) in [5, 5.41) is 2.59. The molecule has 1 fully saturated rings. The maximum atomic E-state index is 11.6. The summed E-state index contributed by atoms with van der Waals surface area (Å²) in [6.07, 6.45) is 1.60. The third kappa shape index (κ3) is 2.57. The molecule has 5 nitrogen and oxygen atoms in total. The lowest BCUT2D eigenvalue weighted by atomic mass is 10.5. The summed E-state index contributed by atoms with van der Waals surface area (Å²) in [5.41, 5.74) is 0. The number of carbonyl (C=O) groups excluding carboxylic acids is 2. The van der Waals surface area contributed by atoms with Crippen LogP contribution in [0.4, 0.5) is 4.79 Å². The largest absolute Gasteiger partial charge is 0.468 e. The molecule has 2 rings (SSSR count). The number of carbonyl (C=O) groups is 2. The van der Waals surface area contributed by atoms with Crippen LogP contribution in [-0.2, 0) is 10.5 Å². The lowest BCUT2D eigenvalue weighted by Gasteiger charge is -2.10. The molecule has 1 saturated heterocycles. The normalized spacial score (nSPS) is 15.2. The van der Waals surface area contributed by atoms with Crippen molar-refractivity contribution in [3.63, 3.8) is 0 Å². The predicted octanol–water partition coefficient (Wildman–Crippen LogP) is 1.06. The zero-order chi connectivity index (χ0) is 11.4. The van der Waals surface area contributed by atoms with Gasteiger partial charge in [-0.1, -0.05) is 0 Å². The molecule has 86 valence electrons. The Morgan fingerprint density at radius 2 is 2.50 bits per heavy atom. The van der Waals surface area contributed by atoms with Crippen molar-refractivity contribution in [1.29, 1.82) is 0 Å². The molecule has 16 heavy (non-hydrogen) atoms. The van der Waals surface area contributed by atoms with E-state index in [0.717, 1.165) is 5.76 Å². The van der Waals surface area contributed by atoms with Crippen LogP contribution < -0.4 is 5.32 Å². The smallest absolute Gasteiger partial charge is 0.324 e. The van der Waals surface area contributed by atoms with Crippen molar-refractivity contribution >= 4 is 23.7 Å². The third-order valence-electron chi connectivity index (χ3n) is 2.21. The zero-order valence-electron chi connectivity index (χ0n) is 8.64. The second-order valence-electron chi connectivity index (χ2n) is 3.35. The van der Waals surface area contributed by atoms with Gasteiger partial charge in [0, 0.05) is 13.1 Å². The summed E-state index contributed by atoms with van der Waals surface area (Å²) in [5.74, 6) is 1.64. The van der Waals surface area contributed by atoms with Gasteiger partial charge in [0.05, 0.1) is 17.8 Å². The maximum absolute atomic E-state index is 11.6. The first-order chi connectivity index (χ1) is 7.77. The van der Waals surface area contributed by atoms with Gasteiger partial charge in [0.25, 0.3) is 0 Å². The molecule has 6 heteroatoms. The van der Waals surface area contributed by atoms with Gasteiger partial charge in [-0.3, -0.25) is 9.69 Å². The zero-order valence-corrected chi connectivity index (χ0v) is 9.46. The predicted molar refractivity (Wildman–Crippen MR) is 60.0 cm³/mol. The Kier molecular flexibility index (Phi) is 3.51. The number of thioether (sulfide) groups is 1. The molecule has 0 radical (unpaired) electrons. The Morgan fingerprint density at radius 3 is 3.12 bits per heavy atom. The number of urea groups is 1. The van der Waals surface area contributed by atoms with E-state index in [9.17, 15) is 9.59 Å². The molecule has 3 amide bonds. The topological polar surface area (TPSA) is 62.6 Å². The van der Waals surface area contributed by atoms with Gasteiger partial charge >= 0.3 is 6.03 Å². The Morgan fingerprint density at radius 1 is 1.62 bits per heavy atom. The first-order valence-electron chi connectivity index (χ1n) is 4.95. The highest BCUT2D eigenvalue weighted by Crippen LogP contribution is 2.13. The molecule has 0 bridgehead atoms. The summed E-state index contributed by atoms with van der Waals surface area (Å²) < 4.78 is 5.14. The van der Waals surface area contributed by atoms with Gasteiger partial charge in [0.15, 0.2) is 0 Å². The number of rotatable bonds is 4. The number of hydrogen-bond donors (Lipinski definition) is 1. The van der Waals surface area contributed by atoms with E-state index in [1.165, 1.54) is 16.7 Å². The lowest BCUT2D eigenvalue weighted by Crippen LogP contribution is -2.35. The molecular formula is C10H12N2O3S. The highest BCUT2D eigenvalue weighted by Gasteiger charge is 2.25. The number of nitrogens with one attached hydrogen (secondary N) is 1. The van der Waals surface area contributed by atoms with Gasteiger partial charge in [0.1, 0.15) is 5.76 Å². The molecule has 1 aromatic heterocycles. The lowest BCUT2D eigenvalue weighted by molar-refractivity contribution is -0.124. The van der Waals surface area contributed by atoms with E-state index in [4.69, 9.17) is 4.42 Å². The minimum atomic E-state index is -0.288. The summed E-state index contributed by atoms with van der Waals surface area (Å²) in [7, 11) is 0. The highest BCUT2D eigenvalue weighted by atomic mass is 32.2. The van der Waals surface area contributed by atoms with Crippen molar-refractivity contribution in [2.75, 3.05) is 18.8 Å². The van der Waals surface area contributed by atoms with Crippen LogP contribution in [0.25, 0.3) is 0 Å². The maximum Gasteiger partial charge on any atom is 0.324 e. The Balaban J connectivity index is 1.73. The molecule has 2 heterocycles. The molecule has 1 aliphatic heterocycles. The third-order valence-corrected chi connectivity index (χ3v) is 3.15. The van der Waals surface area contributed by atoms with Crippen molar-refractivity contribution in [1.82, 2.24) is 10.2 Å². The van der Waals surface area contributed by atoms with Gasteiger partial charge in [0.2, 0.25) is 5.91 Å². The van der Waals surface area contributed by atoms with E-state index >= 15 is 0 Å². The summed E-state index contributed by atoms with van der Waals surface area (Å²) in [6, 6.07) is 3.38. The first kappa shape index (κ1) is 11.1. The molecule has 0 saturated carbocycles. The highest BCUT2D eigenvalue weighted by molar-refractivity contribution is 7.99. The van der Waals surface area contributed by atoms with E-state index in [1.54, 1.807) is 6.26 Å². The van der Waals surface area contributed by atoms with Crippen molar-refractivity contribution in [2.24, 2.45) is 0 Å². The fraction of sp³-hybridized carbons (Fsp3) is 0.400. The molecule has 0 spiro atoms. The fourth-order valence-corrected chi connectivity index (χ4v) is 2.22. The van der Waals surface area contributed by atoms with E-state index < -0.39 is 0 Å². The summed E-state index contributed by atoms with van der Waals surface area (Å²) in [6.45, 7) is 1.02. The minimum Gasteiger partial charge on any atom is -0.468 e. The van der Waals surface area contributed by atoms with E-state index in [0.29, 0.717) is 24.6 Å². The average Bonchev–Trinajstić information content (AvgIpc) is 2.88. The molecule has 1 aromatic rings. The van der Waals surface area contributed by atoms with Crippen LogP contribution >= 0.6 is 11.8 Å². The Hall–Kier alpha value is -1.43. The summed E-state index contributed by atoms with van der Waals surface area (Å²) in [4.78, 5) is 24.0. The van der Waals surface area contributed by atoms with Gasteiger partial charge in [-0.15, -0.1) is 11.8 Å². The van der Waals surface area contributed by atoms with Crippen LogP contribution in [0.2, 0.25) is 0 Å². The van der Waals surface area contributed by atoms with Gasteiger partial charge in [-0.25, -0.2) is 4.79 Å². The van der Waals surface area contributed by atoms with Crippen LogP contribution in [0, 0.1) is 0 Å². The monoisotopic (exact) mass is 240 g/mol. The second kappa shape index (κ2) is 5.07. The standard InChI is InChI=1S/C10H12N2O3S/c13-9(12-4-3-11-10(12)14)7-16-6-8-2-1-5-15-8/h1-2,5H,3-4,6-7H2,(H,11,14). The van der Waals surface area contributed by atoms with Crippen LogP contribution in [0.5, 0.6) is 0 Å². The Bertz CT molecular complexity index is 377. The average molecular weight is 240 g/mol. The fourth-order valence-electron chi connectivity index (χ4n) is 1.42. The quantitative estimate of drug-likeness (QED) is 0.855. The number of hydrogen-bond acceptors (Lipinski definition) is 4. The van der Waals surface area contributed by atoms with Crippen molar-refractivity contribution in [3.8, 4) is 0 Å². The van der Waals surface area contributed by atoms with Crippen molar-refractivity contribution < 1.29 is 14.0 Å². The number of imide groups is 1. The van der Waals surface area contributed by atoms with Crippen LogP contribution in [0.15, 0.2) is 22.8 Å². The number of nitrogens with zero attached hydrogens (tertiary/aromatic N) is 1. The molecule has 1 aliphatic rings. The molecule has 1 N–H and O–H groups in total. The molecule has 0 atom stereocenters. The van der Waals surface area contributed by atoms with E-state index in [1.807, 2.05) is 12.1 Å². The van der Waals surface area contributed by atoms with E-state index in [2.05, 4.69) is 5.32 Å². The van der Waals surface area contributed by atoms with Crippen LogP contribution in [0.1, 0.15) is 5.76 Å². The number of amides is 3. The SMILES string of the molecule is O=C(CSCc1ccco1)N1CCNC1=O. The first-order valence-corrected chi connectivity index (χ1v) is 6.11. The van der Waals surface area contributed by atoms with E-state index in [-0.39, 0.29) is 11.9 Å². The van der Waals surface area contributed by atoms with Crippen molar-refractivity contribution in [3.05, 3.63) is 24.2 Å². The second-order valence-corrected chi connectivity index (χ2v) is 4.34. The van der Waals surface area contributed by atoms with Gasteiger partial charge in [-0.05, 0) is 12.1 Å². The summed E-state index contributed by atoms with van der Waals surface area (Å²) >= 11 is 1.44.